The smallest absolute Gasteiger partial charge is 0.303 e. The molecule has 2 N–H and O–H groups in total. The van der Waals surface area contributed by atoms with Gasteiger partial charge in [0.25, 0.3) is 5.91 Å². The minimum atomic E-state index is -0.770. The maximum atomic E-state index is 11.9. The Bertz CT molecular complexity index is 460. The fourth-order valence-electron chi connectivity index (χ4n) is 1.73. The lowest BCUT2D eigenvalue weighted by Gasteiger charge is -2.08. The first-order chi connectivity index (χ1) is 9.02. The number of carboxylic acids is 1. The largest absolute Gasteiger partial charge is 0.481 e. The van der Waals surface area contributed by atoms with Crippen molar-refractivity contribution in [3.8, 4) is 0 Å². The molecule has 0 saturated heterocycles. The van der Waals surface area contributed by atoms with Crippen LogP contribution in [0.4, 0.5) is 0 Å². The van der Waals surface area contributed by atoms with E-state index < -0.39 is 5.97 Å². The Morgan fingerprint density at radius 1 is 1.26 bits per heavy atom. The Kier molecular flexibility index (Phi) is 6.56. The Morgan fingerprint density at radius 2 is 2.00 bits per heavy atom. The minimum Gasteiger partial charge on any atom is -0.481 e. The van der Waals surface area contributed by atoms with Gasteiger partial charge in [0.1, 0.15) is 0 Å². The molecule has 0 heterocycles. The molecule has 0 radical (unpaired) electrons. The second kappa shape index (κ2) is 7.94. The molecule has 0 aromatic heterocycles. The van der Waals surface area contributed by atoms with Crippen molar-refractivity contribution >= 4 is 27.8 Å². The van der Waals surface area contributed by atoms with Gasteiger partial charge in [-0.3, -0.25) is 9.59 Å². The molecular formula is C14H18BrNO3. The van der Waals surface area contributed by atoms with Gasteiger partial charge in [-0.25, -0.2) is 0 Å². The molecule has 0 fully saturated rings. The number of hydrogen-bond donors (Lipinski definition) is 2. The van der Waals surface area contributed by atoms with Crippen LogP contribution in [0.15, 0.2) is 22.7 Å². The number of carboxylic acid groups (broad SMARTS) is 1. The van der Waals surface area contributed by atoms with Crippen molar-refractivity contribution in [3.05, 3.63) is 33.8 Å². The van der Waals surface area contributed by atoms with Crippen molar-refractivity contribution in [3.63, 3.8) is 0 Å². The monoisotopic (exact) mass is 327 g/mol. The summed E-state index contributed by atoms with van der Waals surface area (Å²) in [6.45, 7) is 2.47. The number of carbonyl (C=O) groups is 2. The summed E-state index contributed by atoms with van der Waals surface area (Å²) in [7, 11) is 0. The number of nitrogens with one attached hydrogen (secondary N) is 1. The number of rotatable bonds is 7. The molecule has 0 aliphatic rings. The standard InChI is InChI=1S/C14H18BrNO3/c1-10-11(6-5-7-12(10)15)14(19)16-9-4-2-3-8-13(17)18/h5-7H,2-4,8-9H2,1H3,(H,16,19)(H,17,18). The lowest BCUT2D eigenvalue weighted by atomic mass is 10.1. The van der Waals surface area contributed by atoms with E-state index in [-0.39, 0.29) is 12.3 Å². The fourth-order valence-corrected chi connectivity index (χ4v) is 2.09. The zero-order valence-electron chi connectivity index (χ0n) is 10.9. The van der Waals surface area contributed by atoms with E-state index in [1.165, 1.54) is 0 Å². The van der Waals surface area contributed by atoms with Crippen LogP contribution >= 0.6 is 15.9 Å². The Morgan fingerprint density at radius 3 is 2.68 bits per heavy atom. The fraction of sp³-hybridized carbons (Fsp3) is 0.429. The molecule has 1 amide bonds. The molecule has 4 nitrogen and oxygen atoms in total. The van der Waals surface area contributed by atoms with Gasteiger partial charge in [0.15, 0.2) is 0 Å². The summed E-state index contributed by atoms with van der Waals surface area (Å²) in [6, 6.07) is 5.52. The van der Waals surface area contributed by atoms with E-state index >= 15 is 0 Å². The van der Waals surface area contributed by atoms with E-state index in [1.807, 2.05) is 19.1 Å². The molecule has 0 atom stereocenters. The van der Waals surface area contributed by atoms with Gasteiger partial charge in [0.05, 0.1) is 0 Å². The molecule has 104 valence electrons. The summed E-state index contributed by atoms with van der Waals surface area (Å²) >= 11 is 3.39. The highest BCUT2D eigenvalue weighted by Crippen LogP contribution is 2.19. The molecule has 1 aromatic carbocycles. The van der Waals surface area contributed by atoms with E-state index in [2.05, 4.69) is 21.2 Å². The molecule has 0 spiro atoms. The first-order valence-corrected chi connectivity index (χ1v) is 7.06. The van der Waals surface area contributed by atoms with Crippen LogP contribution in [0.3, 0.4) is 0 Å². The van der Waals surface area contributed by atoms with Gasteiger partial charge in [0, 0.05) is 23.0 Å². The van der Waals surface area contributed by atoms with Gasteiger partial charge in [-0.15, -0.1) is 0 Å². The van der Waals surface area contributed by atoms with Crippen LogP contribution in [-0.4, -0.2) is 23.5 Å². The third-order valence-electron chi connectivity index (χ3n) is 2.87. The summed E-state index contributed by atoms with van der Waals surface area (Å²) in [4.78, 5) is 22.3. The highest BCUT2D eigenvalue weighted by atomic mass is 79.9. The van der Waals surface area contributed by atoms with Crippen molar-refractivity contribution < 1.29 is 14.7 Å². The van der Waals surface area contributed by atoms with E-state index in [0.29, 0.717) is 18.5 Å². The van der Waals surface area contributed by atoms with Gasteiger partial charge >= 0.3 is 5.97 Å². The maximum Gasteiger partial charge on any atom is 0.303 e. The normalized spacial score (nSPS) is 10.2. The Balaban J connectivity index is 2.32. The predicted molar refractivity (Wildman–Crippen MR) is 77.3 cm³/mol. The zero-order valence-corrected chi connectivity index (χ0v) is 12.5. The number of aliphatic carboxylic acids is 1. The predicted octanol–water partition coefficient (Wildman–Crippen LogP) is 3.13. The van der Waals surface area contributed by atoms with Gasteiger partial charge < -0.3 is 10.4 Å². The molecule has 0 aliphatic carbocycles. The first kappa shape index (κ1) is 15.7. The van der Waals surface area contributed by atoms with Gasteiger partial charge in [-0.1, -0.05) is 28.4 Å². The van der Waals surface area contributed by atoms with Gasteiger partial charge in [-0.2, -0.15) is 0 Å². The van der Waals surface area contributed by atoms with Crippen molar-refractivity contribution in [2.24, 2.45) is 0 Å². The summed E-state index contributed by atoms with van der Waals surface area (Å²) in [5.41, 5.74) is 1.59. The van der Waals surface area contributed by atoms with Crippen molar-refractivity contribution in [2.45, 2.75) is 32.6 Å². The zero-order chi connectivity index (χ0) is 14.3. The second-order valence-corrected chi connectivity index (χ2v) is 5.23. The molecule has 0 aliphatic heterocycles. The molecule has 0 bridgehead atoms. The molecule has 0 saturated carbocycles. The Hall–Kier alpha value is -1.36. The minimum absolute atomic E-state index is 0.0861. The van der Waals surface area contributed by atoms with Crippen LogP contribution in [0.25, 0.3) is 0 Å². The van der Waals surface area contributed by atoms with Crippen LogP contribution in [0.5, 0.6) is 0 Å². The van der Waals surface area contributed by atoms with Gasteiger partial charge in [-0.05, 0) is 37.5 Å². The molecule has 1 rings (SSSR count). The topological polar surface area (TPSA) is 66.4 Å². The average Bonchev–Trinajstić information content (AvgIpc) is 2.36. The highest BCUT2D eigenvalue weighted by molar-refractivity contribution is 9.10. The first-order valence-electron chi connectivity index (χ1n) is 6.27. The molecule has 5 heteroatoms. The third-order valence-corrected chi connectivity index (χ3v) is 3.72. The van der Waals surface area contributed by atoms with Gasteiger partial charge in [0.2, 0.25) is 0 Å². The number of halogens is 1. The highest BCUT2D eigenvalue weighted by Gasteiger charge is 2.09. The number of carbonyl (C=O) groups excluding carboxylic acids is 1. The summed E-state index contributed by atoms with van der Waals surface area (Å²) in [5, 5.41) is 11.3. The van der Waals surface area contributed by atoms with Crippen LogP contribution in [0, 0.1) is 6.92 Å². The van der Waals surface area contributed by atoms with Crippen LogP contribution in [0.2, 0.25) is 0 Å². The molecule has 1 aromatic rings. The van der Waals surface area contributed by atoms with Crippen molar-refractivity contribution in [1.29, 1.82) is 0 Å². The van der Waals surface area contributed by atoms with E-state index in [9.17, 15) is 9.59 Å². The number of amides is 1. The lowest BCUT2D eigenvalue weighted by Crippen LogP contribution is -2.25. The summed E-state index contributed by atoms with van der Waals surface area (Å²) < 4.78 is 0.918. The number of unbranched alkanes of at least 4 members (excludes halogenated alkanes) is 2. The third kappa shape index (κ3) is 5.42. The summed E-state index contributed by atoms with van der Waals surface area (Å²) in [5.74, 6) is -0.856. The number of benzene rings is 1. The van der Waals surface area contributed by atoms with Crippen LogP contribution in [0.1, 0.15) is 41.6 Å². The molecule has 19 heavy (non-hydrogen) atoms. The van der Waals surface area contributed by atoms with E-state index in [0.717, 1.165) is 22.9 Å². The van der Waals surface area contributed by atoms with Crippen LogP contribution < -0.4 is 5.32 Å². The number of hydrogen-bond acceptors (Lipinski definition) is 2. The second-order valence-electron chi connectivity index (χ2n) is 4.37. The van der Waals surface area contributed by atoms with Crippen molar-refractivity contribution in [1.82, 2.24) is 5.32 Å². The summed E-state index contributed by atoms with van der Waals surface area (Å²) in [6.07, 6.45) is 2.45. The van der Waals surface area contributed by atoms with Crippen molar-refractivity contribution in [2.75, 3.05) is 6.54 Å². The van der Waals surface area contributed by atoms with E-state index in [4.69, 9.17) is 5.11 Å². The maximum absolute atomic E-state index is 11.9. The quantitative estimate of drug-likeness (QED) is 0.756. The molecule has 0 unspecified atom stereocenters. The Labute approximate surface area is 121 Å². The average molecular weight is 328 g/mol. The molecular weight excluding hydrogens is 310 g/mol. The SMILES string of the molecule is Cc1c(Br)cccc1C(=O)NCCCCCC(=O)O. The van der Waals surface area contributed by atoms with E-state index in [1.54, 1.807) is 6.07 Å². The van der Waals surface area contributed by atoms with Crippen LogP contribution in [-0.2, 0) is 4.79 Å². The lowest BCUT2D eigenvalue weighted by molar-refractivity contribution is -0.137.